The lowest BCUT2D eigenvalue weighted by Gasteiger charge is -2.31. The molecular weight excluding hydrogens is 266 g/mol. The molecule has 1 aromatic carbocycles. The van der Waals surface area contributed by atoms with Crippen LogP contribution in [0.15, 0.2) is 18.2 Å². The van der Waals surface area contributed by atoms with Crippen molar-refractivity contribution in [3.63, 3.8) is 0 Å². The molecule has 1 aliphatic heterocycles. The molecule has 0 bridgehead atoms. The van der Waals surface area contributed by atoms with Gasteiger partial charge in [0.05, 0.1) is 25.8 Å². The Labute approximate surface area is 127 Å². The molecule has 2 rings (SSSR count). The van der Waals surface area contributed by atoms with Crippen LogP contribution in [0.2, 0.25) is 0 Å². The number of hydrogen-bond donors (Lipinski definition) is 0. The Kier molecular flexibility index (Phi) is 5.76. The molecule has 1 unspecified atom stereocenters. The summed E-state index contributed by atoms with van der Waals surface area (Å²) in [6.45, 7) is 5.16. The highest BCUT2D eigenvalue weighted by atomic mass is 16.5. The number of aryl methyl sites for hydroxylation is 1. The number of Topliss-reactive ketones (excluding diaryl/α,β-unsaturated/α-hetero) is 1. The van der Waals surface area contributed by atoms with Gasteiger partial charge in [-0.05, 0) is 49.9 Å². The van der Waals surface area contributed by atoms with Crippen LogP contribution in [-0.4, -0.2) is 51.1 Å². The second-order valence-corrected chi connectivity index (χ2v) is 5.83. The van der Waals surface area contributed by atoms with Gasteiger partial charge in [-0.3, -0.25) is 9.69 Å². The molecule has 1 saturated heterocycles. The highest BCUT2D eigenvalue weighted by Crippen LogP contribution is 2.22. The molecule has 116 valence electrons. The minimum atomic E-state index is 0.130. The summed E-state index contributed by atoms with van der Waals surface area (Å²) in [5.41, 5.74) is 1.78. The zero-order valence-corrected chi connectivity index (χ0v) is 13.2. The fraction of sp³-hybridized carbons (Fsp3) is 0.588. The third-order valence-corrected chi connectivity index (χ3v) is 4.03. The van der Waals surface area contributed by atoms with Crippen molar-refractivity contribution in [3.8, 4) is 5.75 Å². The number of likely N-dealkylation sites (tertiary alicyclic amines) is 1. The Morgan fingerprint density at radius 3 is 2.90 bits per heavy atom. The van der Waals surface area contributed by atoms with Crippen LogP contribution >= 0.6 is 0 Å². The van der Waals surface area contributed by atoms with E-state index in [-0.39, 0.29) is 5.78 Å². The molecule has 0 aromatic heterocycles. The van der Waals surface area contributed by atoms with E-state index in [4.69, 9.17) is 9.47 Å². The number of nitrogens with zero attached hydrogens (tertiary/aromatic N) is 1. The lowest BCUT2D eigenvalue weighted by atomic mass is 9.98. The number of benzene rings is 1. The molecule has 0 radical (unpaired) electrons. The zero-order chi connectivity index (χ0) is 15.2. The van der Waals surface area contributed by atoms with Crippen molar-refractivity contribution in [2.24, 2.45) is 5.92 Å². The van der Waals surface area contributed by atoms with Gasteiger partial charge in [0.2, 0.25) is 0 Å². The van der Waals surface area contributed by atoms with Crippen LogP contribution < -0.4 is 4.74 Å². The number of carbonyl (C=O) groups is 1. The Bertz CT molecular complexity index is 485. The number of hydrogen-bond acceptors (Lipinski definition) is 4. The Hall–Kier alpha value is -1.39. The van der Waals surface area contributed by atoms with E-state index in [1.807, 2.05) is 25.1 Å². The number of ether oxygens (including phenoxy) is 2. The SMILES string of the molecule is COCC1CCCN(CC(=O)c2ccc(C)cc2OC)C1. The summed E-state index contributed by atoms with van der Waals surface area (Å²) in [7, 11) is 3.35. The second kappa shape index (κ2) is 7.57. The maximum Gasteiger partial charge on any atom is 0.180 e. The van der Waals surface area contributed by atoms with E-state index in [1.165, 1.54) is 6.42 Å². The fourth-order valence-electron chi connectivity index (χ4n) is 2.98. The van der Waals surface area contributed by atoms with Gasteiger partial charge in [0, 0.05) is 13.7 Å². The van der Waals surface area contributed by atoms with Crippen molar-refractivity contribution in [2.45, 2.75) is 19.8 Å². The van der Waals surface area contributed by atoms with Gasteiger partial charge < -0.3 is 9.47 Å². The first-order valence-corrected chi connectivity index (χ1v) is 7.53. The van der Waals surface area contributed by atoms with Crippen molar-refractivity contribution in [1.82, 2.24) is 4.90 Å². The quantitative estimate of drug-likeness (QED) is 0.755. The maximum atomic E-state index is 12.5. The third kappa shape index (κ3) is 4.29. The predicted octanol–water partition coefficient (Wildman–Crippen LogP) is 2.54. The highest BCUT2D eigenvalue weighted by Gasteiger charge is 2.23. The van der Waals surface area contributed by atoms with Crippen LogP contribution in [0.5, 0.6) is 5.75 Å². The Balaban J connectivity index is 2.01. The van der Waals surface area contributed by atoms with Gasteiger partial charge in [0.1, 0.15) is 5.75 Å². The molecule has 1 fully saturated rings. The first-order chi connectivity index (χ1) is 10.1. The van der Waals surface area contributed by atoms with Crippen LogP contribution in [0.1, 0.15) is 28.8 Å². The summed E-state index contributed by atoms with van der Waals surface area (Å²) in [5, 5.41) is 0. The monoisotopic (exact) mass is 291 g/mol. The van der Waals surface area contributed by atoms with Gasteiger partial charge in [0.25, 0.3) is 0 Å². The molecule has 4 heteroatoms. The number of piperidine rings is 1. The second-order valence-electron chi connectivity index (χ2n) is 5.83. The molecule has 1 aromatic rings. The Morgan fingerprint density at radius 1 is 1.38 bits per heavy atom. The van der Waals surface area contributed by atoms with Gasteiger partial charge in [-0.25, -0.2) is 0 Å². The first kappa shape index (κ1) is 16.0. The zero-order valence-electron chi connectivity index (χ0n) is 13.2. The van der Waals surface area contributed by atoms with Crippen molar-refractivity contribution in [1.29, 1.82) is 0 Å². The van der Waals surface area contributed by atoms with Gasteiger partial charge >= 0.3 is 0 Å². The van der Waals surface area contributed by atoms with Gasteiger partial charge in [-0.1, -0.05) is 6.07 Å². The predicted molar refractivity (Wildman–Crippen MR) is 83.1 cm³/mol. The average molecular weight is 291 g/mol. The van der Waals surface area contributed by atoms with Crippen molar-refractivity contribution in [3.05, 3.63) is 29.3 Å². The topological polar surface area (TPSA) is 38.8 Å². The minimum Gasteiger partial charge on any atom is -0.496 e. The molecular formula is C17H25NO3. The molecule has 1 aliphatic rings. The molecule has 0 N–H and O–H groups in total. The number of rotatable bonds is 6. The molecule has 1 heterocycles. The van der Waals surface area contributed by atoms with Crippen molar-refractivity contribution in [2.75, 3.05) is 40.5 Å². The van der Waals surface area contributed by atoms with E-state index < -0.39 is 0 Å². The van der Waals surface area contributed by atoms with E-state index in [0.29, 0.717) is 23.8 Å². The molecule has 0 amide bonds. The van der Waals surface area contributed by atoms with E-state index in [2.05, 4.69) is 4.90 Å². The van der Waals surface area contributed by atoms with Crippen LogP contribution in [-0.2, 0) is 4.74 Å². The normalized spacial score (nSPS) is 19.5. The van der Waals surface area contributed by atoms with Crippen molar-refractivity contribution >= 4 is 5.78 Å². The lowest BCUT2D eigenvalue weighted by Crippen LogP contribution is -2.40. The molecule has 0 saturated carbocycles. The summed E-state index contributed by atoms with van der Waals surface area (Å²) in [4.78, 5) is 14.7. The van der Waals surface area contributed by atoms with Crippen LogP contribution in [0.3, 0.4) is 0 Å². The van der Waals surface area contributed by atoms with Gasteiger partial charge in [-0.15, -0.1) is 0 Å². The van der Waals surface area contributed by atoms with E-state index >= 15 is 0 Å². The fourth-order valence-corrected chi connectivity index (χ4v) is 2.98. The summed E-state index contributed by atoms with van der Waals surface area (Å²) < 4.78 is 10.6. The van der Waals surface area contributed by atoms with E-state index in [0.717, 1.165) is 31.7 Å². The van der Waals surface area contributed by atoms with Crippen LogP contribution in [0.4, 0.5) is 0 Å². The standard InChI is InChI=1S/C17H25NO3/c1-13-6-7-15(17(9-13)21-3)16(19)11-18-8-4-5-14(10-18)12-20-2/h6-7,9,14H,4-5,8,10-12H2,1-3H3. The number of ketones is 1. The van der Waals surface area contributed by atoms with E-state index in [9.17, 15) is 4.79 Å². The molecule has 0 aliphatic carbocycles. The maximum absolute atomic E-state index is 12.5. The van der Waals surface area contributed by atoms with Crippen LogP contribution in [0, 0.1) is 12.8 Å². The summed E-state index contributed by atoms with van der Waals surface area (Å²) in [5.74, 6) is 1.34. The molecule has 21 heavy (non-hydrogen) atoms. The summed E-state index contributed by atoms with van der Waals surface area (Å²) in [6, 6.07) is 5.74. The first-order valence-electron chi connectivity index (χ1n) is 7.53. The van der Waals surface area contributed by atoms with Gasteiger partial charge in [0.15, 0.2) is 5.78 Å². The van der Waals surface area contributed by atoms with Gasteiger partial charge in [-0.2, -0.15) is 0 Å². The summed E-state index contributed by atoms with van der Waals surface area (Å²) in [6.07, 6.45) is 2.32. The smallest absolute Gasteiger partial charge is 0.180 e. The molecule has 0 spiro atoms. The van der Waals surface area contributed by atoms with E-state index in [1.54, 1.807) is 14.2 Å². The lowest BCUT2D eigenvalue weighted by molar-refractivity contribution is 0.0756. The molecule has 4 nitrogen and oxygen atoms in total. The largest absolute Gasteiger partial charge is 0.496 e. The number of carbonyl (C=O) groups excluding carboxylic acids is 1. The van der Waals surface area contributed by atoms with Crippen LogP contribution in [0.25, 0.3) is 0 Å². The average Bonchev–Trinajstić information content (AvgIpc) is 2.47. The highest BCUT2D eigenvalue weighted by molar-refractivity contribution is 6.00. The number of methoxy groups -OCH3 is 2. The third-order valence-electron chi connectivity index (χ3n) is 4.03. The van der Waals surface area contributed by atoms with Crippen molar-refractivity contribution < 1.29 is 14.3 Å². The summed E-state index contributed by atoms with van der Waals surface area (Å²) >= 11 is 0. The Morgan fingerprint density at radius 2 is 2.19 bits per heavy atom. The molecule has 1 atom stereocenters. The minimum absolute atomic E-state index is 0.130.